The average molecular weight is 330 g/mol. The van der Waals surface area contributed by atoms with Gasteiger partial charge in [-0.05, 0) is 37.9 Å². The van der Waals surface area contributed by atoms with Crippen LogP contribution in [0.2, 0.25) is 10.0 Å². The molecule has 1 N–H and O–H groups in total. The van der Waals surface area contributed by atoms with E-state index in [9.17, 15) is 0 Å². The highest BCUT2D eigenvalue weighted by Crippen LogP contribution is 2.37. The Bertz CT molecular complexity index is 451. The molecule has 2 heterocycles. The van der Waals surface area contributed by atoms with Crippen molar-refractivity contribution in [1.29, 1.82) is 0 Å². The number of hydrogen-bond acceptors (Lipinski definition) is 3. The van der Waals surface area contributed by atoms with Crippen LogP contribution < -0.4 is 10.1 Å². The van der Waals surface area contributed by atoms with Gasteiger partial charge in [-0.1, -0.05) is 29.3 Å². The first-order valence-corrected chi connectivity index (χ1v) is 8.40. The molecule has 0 spiro atoms. The minimum Gasteiger partial charge on any atom is -0.487 e. The molecule has 21 heavy (non-hydrogen) atoms. The van der Waals surface area contributed by atoms with Crippen LogP contribution in [0.4, 0.5) is 0 Å². The maximum atomic E-state index is 6.34. The van der Waals surface area contributed by atoms with Gasteiger partial charge in [0.2, 0.25) is 0 Å². The first-order valence-electron chi connectivity index (χ1n) is 7.65. The Labute approximate surface area is 135 Å². The lowest BCUT2D eigenvalue weighted by Gasteiger charge is -2.34. The summed E-state index contributed by atoms with van der Waals surface area (Å²) in [7, 11) is 0. The molecule has 2 aliphatic heterocycles. The lowest BCUT2D eigenvalue weighted by atomic mass is 9.85. The van der Waals surface area contributed by atoms with Gasteiger partial charge in [-0.25, -0.2) is 0 Å². The molecule has 1 aromatic carbocycles. The van der Waals surface area contributed by atoms with Crippen LogP contribution in [0.5, 0.6) is 5.75 Å². The maximum Gasteiger partial charge on any atom is 0.156 e. The van der Waals surface area contributed by atoms with Crippen LogP contribution in [-0.4, -0.2) is 32.4 Å². The van der Waals surface area contributed by atoms with Crippen LogP contribution in [0, 0.1) is 11.8 Å². The number of ether oxygens (including phenoxy) is 2. The molecule has 0 amide bonds. The van der Waals surface area contributed by atoms with Crippen LogP contribution in [0.3, 0.4) is 0 Å². The normalized spacial score (nSPS) is 25.0. The van der Waals surface area contributed by atoms with E-state index < -0.39 is 0 Å². The van der Waals surface area contributed by atoms with E-state index in [0.717, 1.165) is 45.6 Å². The van der Waals surface area contributed by atoms with Gasteiger partial charge in [0.15, 0.2) is 5.75 Å². The summed E-state index contributed by atoms with van der Waals surface area (Å²) < 4.78 is 11.8. The molecule has 2 fully saturated rings. The van der Waals surface area contributed by atoms with E-state index in [4.69, 9.17) is 32.7 Å². The molecule has 3 rings (SSSR count). The van der Waals surface area contributed by atoms with Gasteiger partial charge in [0.1, 0.15) is 6.10 Å². The summed E-state index contributed by atoms with van der Waals surface area (Å²) in [5.74, 6) is 1.65. The summed E-state index contributed by atoms with van der Waals surface area (Å²) >= 11 is 12.5. The number of halogens is 2. The second-order valence-electron chi connectivity index (χ2n) is 5.84. The Morgan fingerprint density at radius 1 is 1.10 bits per heavy atom. The molecule has 0 aliphatic carbocycles. The Morgan fingerprint density at radius 3 is 2.43 bits per heavy atom. The topological polar surface area (TPSA) is 30.5 Å². The number of rotatable bonds is 4. The number of hydrogen-bond donors (Lipinski definition) is 1. The third kappa shape index (κ3) is 3.65. The summed E-state index contributed by atoms with van der Waals surface area (Å²) in [5, 5.41) is 4.61. The summed E-state index contributed by atoms with van der Waals surface area (Å²) in [6.45, 7) is 3.70. The summed E-state index contributed by atoms with van der Waals surface area (Å²) in [6.07, 6.45) is 3.39. The molecule has 3 nitrogen and oxygen atoms in total. The van der Waals surface area contributed by atoms with Crippen molar-refractivity contribution < 1.29 is 9.47 Å². The molecule has 0 saturated carbocycles. The van der Waals surface area contributed by atoms with Gasteiger partial charge < -0.3 is 14.8 Å². The third-order valence-corrected chi connectivity index (χ3v) is 5.06. The number of nitrogens with one attached hydrogen (secondary N) is 1. The maximum absolute atomic E-state index is 6.34. The van der Waals surface area contributed by atoms with Gasteiger partial charge in [-0.3, -0.25) is 0 Å². The summed E-state index contributed by atoms with van der Waals surface area (Å²) in [4.78, 5) is 0. The number of para-hydroxylation sites is 1. The highest BCUT2D eigenvalue weighted by Gasteiger charge is 2.35. The van der Waals surface area contributed by atoms with Gasteiger partial charge in [0, 0.05) is 31.6 Å². The first kappa shape index (κ1) is 15.4. The standard InChI is InChI=1S/C16H21Cl2NO2/c17-13-2-1-3-14(18)16(13)21-15(12-4-7-19-10-12)11-5-8-20-9-6-11/h1-3,11-12,15,19H,4-10H2/t12-,15-/m1/s1. The number of benzene rings is 1. The van der Waals surface area contributed by atoms with E-state index >= 15 is 0 Å². The van der Waals surface area contributed by atoms with Crippen molar-refractivity contribution in [1.82, 2.24) is 5.32 Å². The Hall–Kier alpha value is -0.480. The second kappa shape index (κ2) is 7.19. The van der Waals surface area contributed by atoms with E-state index in [1.54, 1.807) is 0 Å². The zero-order chi connectivity index (χ0) is 14.7. The molecular weight excluding hydrogens is 309 g/mol. The first-order chi connectivity index (χ1) is 10.3. The molecule has 1 aromatic rings. The summed E-state index contributed by atoms with van der Waals surface area (Å²) in [5.41, 5.74) is 0. The van der Waals surface area contributed by atoms with E-state index in [2.05, 4.69) is 5.32 Å². The van der Waals surface area contributed by atoms with Crippen molar-refractivity contribution in [2.45, 2.75) is 25.4 Å². The molecule has 0 radical (unpaired) electrons. The lowest BCUT2D eigenvalue weighted by molar-refractivity contribution is -0.00125. The zero-order valence-corrected chi connectivity index (χ0v) is 13.5. The van der Waals surface area contributed by atoms with Crippen LogP contribution in [0.15, 0.2) is 18.2 Å². The van der Waals surface area contributed by atoms with E-state index in [1.165, 1.54) is 0 Å². The fourth-order valence-corrected chi connectivity index (χ4v) is 3.80. The third-order valence-electron chi connectivity index (χ3n) is 4.47. The van der Waals surface area contributed by atoms with Gasteiger partial charge in [-0.15, -0.1) is 0 Å². The fraction of sp³-hybridized carbons (Fsp3) is 0.625. The zero-order valence-electron chi connectivity index (χ0n) is 12.0. The van der Waals surface area contributed by atoms with E-state index in [1.807, 2.05) is 18.2 Å². The van der Waals surface area contributed by atoms with Crippen molar-refractivity contribution in [3.63, 3.8) is 0 Å². The summed E-state index contributed by atoms with van der Waals surface area (Å²) in [6, 6.07) is 5.51. The fourth-order valence-electron chi connectivity index (χ4n) is 3.31. The largest absolute Gasteiger partial charge is 0.487 e. The second-order valence-corrected chi connectivity index (χ2v) is 6.65. The Morgan fingerprint density at radius 2 is 1.81 bits per heavy atom. The van der Waals surface area contributed by atoms with E-state index in [-0.39, 0.29) is 6.10 Å². The van der Waals surface area contributed by atoms with Crippen molar-refractivity contribution in [2.75, 3.05) is 26.3 Å². The van der Waals surface area contributed by atoms with Gasteiger partial charge in [0.25, 0.3) is 0 Å². The van der Waals surface area contributed by atoms with Crippen LogP contribution in [0.25, 0.3) is 0 Å². The van der Waals surface area contributed by atoms with Crippen molar-refractivity contribution in [3.8, 4) is 5.75 Å². The van der Waals surface area contributed by atoms with Gasteiger partial charge >= 0.3 is 0 Å². The minimum absolute atomic E-state index is 0.154. The molecule has 5 heteroatoms. The van der Waals surface area contributed by atoms with Crippen LogP contribution >= 0.6 is 23.2 Å². The molecule has 0 unspecified atom stereocenters. The van der Waals surface area contributed by atoms with Crippen LogP contribution in [-0.2, 0) is 4.74 Å². The predicted octanol–water partition coefficient (Wildman–Crippen LogP) is 3.78. The molecule has 116 valence electrons. The SMILES string of the molecule is Clc1cccc(Cl)c1O[C@H](C1CCOCC1)[C@@H]1CCNC1. The molecule has 2 aliphatic rings. The lowest BCUT2D eigenvalue weighted by Crippen LogP contribution is -2.39. The average Bonchev–Trinajstić information content (AvgIpc) is 3.02. The smallest absolute Gasteiger partial charge is 0.156 e. The van der Waals surface area contributed by atoms with Crippen LogP contribution in [0.1, 0.15) is 19.3 Å². The molecule has 0 aromatic heterocycles. The van der Waals surface area contributed by atoms with Crippen molar-refractivity contribution in [2.24, 2.45) is 11.8 Å². The Kier molecular flexibility index (Phi) is 5.28. The van der Waals surface area contributed by atoms with Gasteiger partial charge in [0.05, 0.1) is 10.0 Å². The molecule has 0 bridgehead atoms. The molecule has 2 atom stereocenters. The highest BCUT2D eigenvalue weighted by atomic mass is 35.5. The monoisotopic (exact) mass is 329 g/mol. The highest BCUT2D eigenvalue weighted by molar-refractivity contribution is 6.37. The van der Waals surface area contributed by atoms with Crippen molar-refractivity contribution in [3.05, 3.63) is 28.2 Å². The molecule has 2 saturated heterocycles. The quantitative estimate of drug-likeness (QED) is 0.911. The van der Waals surface area contributed by atoms with Crippen molar-refractivity contribution >= 4 is 23.2 Å². The molecular formula is C16H21Cl2NO2. The van der Waals surface area contributed by atoms with Gasteiger partial charge in [-0.2, -0.15) is 0 Å². The minimum atomic E-state index is 0.154. The predicted molar refractivity (Wildman–Crippen MR) is 85.4 cm³/mol. The van der Waals surface area contributed by atoms with E-state index in [0.29, 0.717) is 27.6 Å². The Balaban J connectivity index is 1.80.